The zero-order valence-corrected chi connectivity index (χ0v) is 13.7. The molecule has 2 aliphatic carbocycles. The Bertz CT molecular complexity index is 479. The van der Waals surface area contributed by atoms with Crippen molar-refractivity contribution in [2.24, 2.45) is 17.8 Å². The second-order valence-electron chi connectivity index (χ2n) is 7.90. The van der Waals surface area contributed by atoms with Crippen LogP contribution >= 0.6 is 0 Å². The van der Waals surface area contributed by atoms with E-state index in [4.69, 9.17) is 4.42 Å². The van der Waals surface area contributed by atoms with E-state index in [0.717, 1.165) is 24.3 Å². The van der Waals surface area contributed by atoms with Gasteiger partial charge in [0.05, 0.1) is 6.54 Å². The van der Waals surface area contributed by atoms with Gasteiger partial charge in [-0.1, -0.05) is 11.5 Å². The van der Waals surface area contributed by atoms with E-state index in [2.05, 4.69) is 48.2 Å². The van der Waals surface area contributed by atoms with E-state index in [0.29, 0.717) is 18.5 Å². The molecule has 1 heterocycles. The lowest BCUT2D eigenvalue weighted by Gasteiger charge is -2.25. The molecule has 1 N–H and O–H groups in total. The van der Waals surface area contributed by atoms with Crippen LogP contribution in [0.5, 0.6) is 0 Å². The molecule has 5 nitrogen and oxygen atoms in total. The van der Waals surface area contributed by atoms with Crippen molar-refractivity contribution in [3.63, 3.8) is 0 Å². The van der Waals surface area contributed by atoms with Crippen molar-refractivity contribution in [2.45, 2.75) is 58.5 Å². The van der Waals surface area contributed by atoms with Gasteiger partial charge in [0, 0.05) is 19.1 Å². The third-order valence-corrected chi connectivity index (χ3v) is 4.95. The summed E-state index contributed by atoms with van der Waals surface area (Å²) < 4.78 is 5.77. The second-order valence-corrected chi connectivity index (χ2v) is 7.90. The molecule has 0 aliphatic heterocycles. The minimum absolute atomic E-state index is 0.0591. The maximum atomic E-state index is 5.77. The standard InChI is InChI=1S/C16H28N4O/c1-16(2,3)17-9-14-18-19-15(21-14)20(4)10-13-8-11-5-6-12(13)7-11/h11-13,17H,5-10H2,1-4H3. The first-order valence-electron chi connectivity index (χ1n) is 8.19. The third kappa shape index (κ3) is 3.57. The van der Waals surface area contributed by atoms with E-state index >= 15 is 0 Å². The molecule has 0 radical (unpaired) electrons. The highest BCUT2D eigenvalue weighted by Gasteiger charge is 2.40. The first-order chi connectivity index (χ1) is 9.90. The Hall–Kier alpha value is -1.10. The van der Waals surface area contributed by atoms with E-state index in [1.54, 1.807) is 0 Å². The Morgan fingerprint density at radius 1 is 1.24 bits per heavy atom. The fourth-order valence-corrected chi connectivity index (χ4v) is 3.84. The molecule has 118 valence electrons. The van der Waals surface area contributed by atoms with Crippen LogP contribution < -0.4 is 10.2 Å². The van der Waals surface area contributed by atoms with Crippen LogP contribution in [0.1, 0.15) is 52.3 Å². The van der Waals surface area contributed by atoms with Crippen molar-refractivity contribution in [3.8, 4) is 0 Å². The Morgan fingerprint density at radius 3 is 2.67 bits per heavy atom. The minimum atomic E-state index is 0.0591. The molecular formula is C16H28N4O. The molecule has 2 bridgehead atoms. The predicted octanol–water partition coefficient (Wildman–Crippen LogP) is 2.83. The van der Waals surface area contributed by atoms with Gasteiger partial charge in [-0.15, -0.1) is 5.10 Å². The van der Waals surface area contributed by atoms with Gasteiger partial charge in [-0.25, -0.2) is 0 Å². The van der Waals surface area contributed by atoms with Crippen LogP contribution in [0.25, 0.3) is 0 Å². The molecule has 3 rings (SSSR count). The van der Waals surface area contributed by atoms with E-state index in [-0.39, 0.29) is 5.54 Å². The van der Waals surface area contributed by atoms with Gasteiger partial charge < -0.3 is 14.6 Å². The number of nitrogens with zero attached hydrogens (tertiary/aromatic N) is 3. The summed E-state index contributed by atoms with van der Waals surface area (Å²) in [6.45, 7) is 8.07. The average Bonchev–Trinajstić information content (AvgIpc) is 3.11. The molecule has 0 amide bonds. The van der Waals surface area contributed by atoms with Crippen LogP contribution in [-0.4, -0.2) is 29.3 Å². The monoisotopic (exact) mass is 292 g/mol. The molecule has 3 unspecified atom stereocenters. The first-order valence-corrected chi connectivity index (χ1v) is 8.19. The van der Waals surface area contributed by atoms with Crippen molar-refractivity contribution < 1.29 is 4.42 Å². The number of hydrogen-bond acceptors (Lipinski definition) is 5. The molecule has 21 heavy (non-hydrogen) atoms. The smallest absolute Gasteiger partial charge is 0.317 e. The number of fused-ring (bicyclic) bond motifs is 2. The molecule has 2 fully saturated rings. The molecule has 2 aliphatic rings. The highest BCUT2D eigenvalue weighted by Crippen LogP contribution is 2.48. The largest absolute Gasteiger partial charge is 0.407 e. The van der Waals surface area contributed by atoms with Crippen molar-refractivity contribution in [3.05, 3.63) is 5.89 Å². The SMILES string of the molecule is CN(CC1CC2CCC1C2)c1nnc(CNC(C)(C)C)o1. The van der Waals surface area contributed by atoms with Crippen LogP contribution in [0.2, 0.25) is 0 Å². The van der Waals surface area contributed by atoms with E-state index in [1.807, 2.05) is 0 Å². The highest BCUT2D eigenvalue weighted by atomic mass is 16.4. The van der Waals surface area contributed by atoms with Gasteiger partial charge in [0.15, 0.2) is 0 Å². The number of anilines is 1. The summed E-state index contributed by atoms with van der Waals surface area (Å²) in [5.41, 5.74) is 0.0591. The Balaban J connectivity index is 1.53. The van der Waals surface area contributed by atoms with Crippen LogP contribution in [-0.2, 0) is 6.54 Å². The lowest BCUT2D eigenvalue weighted by Crippen LogP contribution is -2.35. The summed E-state index contributed by atoms with van der Waals surface area (Å²) in [4.78, 5) is 2.14. The predicted molar refractivity (Wildman–Crippen MR) is 83.1 cm³/mol. The van der Waals surface area contributed by atoms with Gasteiger partial charge in [-0.3, -0.25) is 0 Å². The molecule has 3 atom stereocenters. The first kappa shape index (κ1) is 14.8. The van der Waals surface area contributed by atoms with Crippen LogP contribution in [0.3, 0.4) is 0 Å². The lowest BCUT2D eigenvalue weighted by molar-refractivity contribution is 0.330. The molecule has 5 heteroatoms. The van der Waals surface area contributed by atoms with Crippen molar-refractivity contribution >= 4 is 6.01 Å². The summed E-state index contributed by atoms with van der Waals surface area (Å²) in [7, 11) is 2.07. The van der Waals surface area contributed by atoms with Crippen molar-refractivity contribution in [1.29, 1.82) is 0 Å². The molecular weight excluding hydrogens is 264 g/mol. The summed E-state index contributed by atoms with van der Waals surface area (Å²) in [6.07, 6.45) is 5.71. The fourth-order valence-electron chi connectivity index (χ4n) is 3.84. The van der Waals surface area contributed by atoms with Gasteiger partial charge in [0.2, 0.25) is 5.89 Å². The Kier molecular flexibility index (Phi) is 3.95. The molecule has 0 aromatic carbocycles. The third-order valence-electron chi connectivity index (χ3n) is 4.95. The van der Waals surface area contributed by atoms with Crippen LogP contribution in [0.4, 0.5) is 6.01 Å². The molecule has 0 saturated heterocycles. The molecule has 0 spiro atoms. The maximum Gasteiger partial charge on any atom is 0.317 e. The fraction of sp³-hybridized carbons (Fsp3) is 0.875. The zero-order chi connectivity index (χ0) is 15.0. The summed E-state index contributed by atoms with van der Waals surface area (Å²) in [6, 6.07) is 0.656. The Labute approximate surface area is 127 Å². The van der Waals surface area contributed by atoms with Crippen LogP contribution in [0.15, 0.2) is 4.42 Å². The molecule has 1 aromatic rings. The van der Waals surface area contributed by atoms with Crippen LogP contribution in [0, 0.1) is 17.8 Å². The second kappa shape index (κ2) is 5.59. The number of nitrogens with one attached hydrogen (secondary N) is 1. The minimum Gasteiger partial charge on any atom is -0.407 e. The van der Waals surface area contributed by atoms with Crippen molar-refractivity contribution in [2.75, 3.05) is 18.5 Å². The lowest BCUT2D eigenvalue weighted by atomic mass is 9.88. The Morgan fingerprint density at radius 2 is 2.05 bits per heavy atom. The van der Waals surface area contributed by atoms with Gasteiger partial charge in [0.25, 0.3) is 0 Å². The zero-order valence-electron chi connectivity index (χ0n) is 13.7. The van der Waals surface area contributed by atoms with E-state index in [9.17, 15) is 0 Å². The maximum absolute atomic E-state index is 5.77. The number of hydrogen-bond donors (Lipinski definition) is 1. The van der Waals surface area contributed by atoms with Gasteiger partial charge in [0.1, 0.15) is 0 Å². The van der Waals surface area contributed by atoms with Gasteiger partial charge in [-0.05, 0) is 57.8 Å². The summed E-state index contributed by atoms with van der Waals surface area (Å²) >= 11 is 0. The van der Waals surface area contributed by atoms with Gasteiger partial charge >= 0.3 is 6.01 Å². The van der Waals surface area contributed by atoms with Crippen molar-refractivity contribution in [1.82, 2.24) is 15.5 Å². The average molecular weight is 292 g/mol. The topological polar surface area (TPSA) is 54.2 Å². The number of rotatable bonds is 5. The van der Waals surface area contributed by atoms with E-state index in [1.165, 1.54) is 25.7 Å². The quantitative estimate of drug-likeness (QED) is 0.904. The normalized spacial score (nSPS) is 28.3. The molecule has 1 aromatic heterocycles. The van der Waals surface area contributed by atoms with E-state index < -0.39 is 0 Å². The van der Waals surface area contributed by atoms with Gasteiger partial charge in [-0.2, -0.15) is 0 Å². The number of aromatic nitrogens is 2. The summed E-state index contributed by atoms with van der Waals surface area (Å²) in [5, 5.41) is 11.7. The summed E-state index contributed by atoms with van der Waals surface area (Å²) in [5.74, 6) is 3.40. The highest BCUT2D eigenvalue weighted by molar-refractivity contribution is 5.22. The molecule has 2 saturated carbocycles.